The fourth-order valence-electron chi connectivity index (χ4n) is 1.12. The number of hydrogen-bond donors (Lipinski definition) is 0. The molecule has 0 aromatic heterocycles. The monoisotopic (exact) mass is 288 g/mol. The van der Waals surface area contributed by atoms with Gasteiger partial charge in [-0.05, 0) is 34.6 Å². The van der Waals surface area contributed by atoms with Crippen molar-refractivity contribution in [1.29, 1.82) is 0 Å². The van der Waals surface area contributed by atoms with Crippen molar-refractivity contribution < 1.29 is 28.6 Å². The molecule has 0 aliphatic rings. The molecule has 0 bridgehead atoms. The van der Waals surface area contributed by atoms with Crippen molar-refractivity contribution in [3.05, 3.63) is 0 Å². The molecule has 0 saturated carbocycles. The van der Waals surface area contributed by atoms with Crippen molar-refractivity contribution in [2.75, 3.05) is 13.9 Å². The van der Waals surface area contributed by atoms with E-state index in [-0.39, 0.29) is 31.2 Å². The lowest BCUT2D eigenvalue weighted by Crippen LogP contribution is -2.39. The largest absolute Gasteiger partial charge is 0.469 e. The molecule has 0 rings (SSSR count). The normalized spacial score (nSPS) is 12.1. The Morgan fingerprint density at radius 3 is 1.85 bits per heavy atom. The summed E-state index contributed by atoms with van der Waals surface area (Å²) in [5.41, 5.74) is -2.04. The molecule has 0 amide bonds. The number of carbonyl (C=O) groups is 3. The second-order valence-electron chi connectivity index (χ2n) is 5.48. The number of carbonyl (C=O) groups excluding carboxylic acids is 3. The van der Waals surface area contributed by atoms with Crippen molar-refractivity contribution in [2.24, 2.45) is 0 Å². The highest BCUT2D eigenvalue weighted by Crippen LogP contribution is 2.17. The van der Waals surface area contributed by atoms with Gasteiger partial charge >= 0.3 is 5.97 Å². The van der Waals surface area contributed by atoms with Gasteiger partial charge in [0.25, 0.3) is 0 Å². The Bertz CT molecular complexity index is 370. The smallest absolute Gasteiger partial charge is 0.305 e. The molecule has 6 heteroatoms. The highest BCUT2D eigenvalue weighted by Gasteiger charge is 2.31. The van der Waals surface area contributed by atoms with E-state index in [9.17, 15) is 14.4 Å². The maximum absolute atomic E-state index is 11.9. The number of methoxy groups -OCH3 is 1. The van der Waals surface area contributed by atoms with Crippen LogP contribution < -0.4 is 0 Å². The molecule has 116 valence electrons. The third-order valence-electron chi connectivity index (χ3n) is 3.14. The molecule has 6 nitrogen and oxygen atoms in total. The van der Waals surface area contributed by atoms with Gasteiger partial charge in [0.15, 0.2) is 11.6 Å². The van der Waals surface area contributed by atoms with E-state index in [0.717, 1.165) is 0 Å². The van der Waals surface area contributed by atoms with Crippen LogP contribution in [0, 0.1) is 0 Å². The van der Waals surface area contributed by atoms with E-state index >= 15 is 0 Å². The predicted octanol–water partition coefficient (Wildman–Crippen LogP) is 1.65. The van der Waals surface area contributed by atoms with Gasteiger partial charge in [0.2, 0.25) is 0 Å². The minimum Gasteiger partial charge on any atom is -0.469 e. The van der Waals surface area contributed by atoms with Crippen molar-refractivity contribution in [1.82, 2.24) is 0 Å². The Labute approximate surface area is 119 Å². The highest BCUT2D eigenvalue weighted by molar-refractivity contribution is 5.89. The van der Waals surface area contributed by atoms with E-state index in [2.05, 4.69) is 4.74 Å². The first kappa shape index (κ1) is 18.7. The molecule has 0 heterocycles. The quantitative estimate of drug-likeness (QED) is 0.474. The van der Waals surface area contributed by atoms with Crippen LogP contribution in [0.3, 0.4) is 0 Å². The lowest BCUT2D eigenvalue weighted by Gasteiger charge is -2.27. The summed E-state index contributed by atoms with van der Waals surface area (Å²) in [7, 11) is 1.27. The molecule has 20 heavy (non-hydrogen) atoms. The fraction of sp³-hybridized carbons (Fsp3) is 0.786. The molecule has 0 aliphatic heterocycles. The lowest BCUT2D eigenvalue weighted by molar-refractivity contribution is -0.185. The Kier molecular flexibility index (Phi) is 7.02. The van der Waals surface area contributed by atoms with Gasteiger partial charge in [-0.25, -0.2) is 0 Å². The topological polar surface area (TPSA) is 78.9 Å². The molecule has 0 aliphatic carbocycles. The van der Waals surface area contributed by atoms with Crippen LogP contribution in [0.4, 0.5) is 0 Å². The third-order valence-corrected chi connectivity index (χ3v) is 3.14. The minimum atomic E-state index is -1.08. The summed E-state index contributed by atoms with van der Waals surface area (Å²) in [6, 6.07) is 0. The van der Waals surface area contributed by atoms with E-state index in [1.807, 2.05) is 0 Å². The maximum Gasteiger partial charge on any atom is 0.305 e. The zero-order chi connectivity index (χ0) is 16.0. The van der Waals surface area contributed by atoms with Gasteiger partial charge in [0.05, 0.1) is 13.5 Å². The van der Waals surface area contributed by atoms with Gasteiger partial charge in [-0.15, -0.1) is 0 Å². The second-order valence-corrected chi connectivity index (χ2v) is 5.48. The van der Waals surface area contributed by atoms with Gasteiger partial charge in [0, 0.05) is 6.42 Å². The molecule has 0 radical (unpaired) electrons. The van der Waals surface area contributed by atoms with Gasteiger partial charge in [-0.2, -0.15) is 0 Å². The first-order valence-electron chi connectivity index (χ1n) is 6.42. The lowest BCUT2D eigenvalue weighted by atomic mass is 9.99. The molecular weight excluding hydrogens is 264 g/mol. The number of hydrogen-bond acceptors (Lipinski definition) is 6. The summed E-state index contributed by atoms with van der Waals surface area (Å²) in [6.07, 6.45) is 0.0533. The molecule has 0 aromatic carbocycles. The van der Waals surface area contributed by atoms with E-state index in [1.165, 1.54) is 14.0 Å². The SMILES string of the molecule is COC(=O)CCC(=O)C(C)(C)OCOC(C)(C)C(C)=O. The van der Waals surface area contributed by atoms with Gasteiger partial charge in [-0.3, -0.25) is 14.4 Å². The van der Waals surface area contributed by atoms with E-state index in [1.54, 1.807) is 27.7 Å². The number of Topliss-reactive ketones (excluding diaryl/α,β-unsaturated/α-hetero) is 2. The van der Waals surface area contributed by atoms with Crippen molar-refractivity contribution in [2.45, 2.75) is 58.7 Å². The third kappa shape index (κ3) is 6.25. The summed E-state index contributed by atoms with van der Waals surface area (Å²) < 4.78 is 15.1. The van der Waals surface area contributed by atoms with Gasteiger partial charge < -0.3 is 14.2 Å². The number of esters is 1. The molecule has 0 fully saturated rings. The Morgan fingerprint density at radius 1 is 0.900 bits per heavy atom. The molecular formula is C14H24O6. The second kappa shape index (κ2) is 7.50. The van der Waals surface area contributed by atoms with Crippen molar-refractivity contribution in [3.8, 4) is 0 Å². The Balaban J connectivity index is 4.28. The fourth-order valence-corrected chi connectivity index (χ4v) is 1.12. The number of rotatable bonds is 9. The van der Waals surface area contributed by atoms with Gasteiger partial charge in [0.1, 0.15) is 18.0 Å². The maximum atomic E-state index is 11.9. The van der Waals surface area contributed by atoms with E-state index in [4.69, 9.17) is 9.47 Å². The summed E-state index contributed by atoms with van der Waals surface area (Å²) in [4.78, 5) is 34.2. The predicted molar refractivity (Wildman–Crippen MR) is 72.1 cm³/mol. The first-order valence-corrected chi connectivity index (χ1v) is 6.42. The number of ether oxygens (including phenoxy) is 3. The van der Waals surface area contributed by atoms with Crippen LogP contribution in [0.5, 0.6) is 0 Å². The van der Waals surface area contributed by atoms with Crippen LogP contribution in [0.2, 0.25) is 0 Å². The Morgan fingerprint density at radius 2 is 1.40 bits per heavy atom. The molecule has 0 atom stereocenters. The van der Waals surface area contributed by atoms with Crippen LogP contribution in [0.25, 0.3) is 0 Å². The average Bonchev–Trinajstić information content (AvgIpc) is 2.34. The van der Waals surface area contributed by atoms with Crippen LogP contribution in [0.1, 0.15) is 47.5 Å². The molecule has 0 aromatic rings. The van der Waals surface area contributed by atoms with Gasteiger partial charge in [-0.1, -0.05) is 0 Å². The first-order chi connectivity index (χ1) is 9.03. The zero-order valence-electron chi connectivity index (χ0n) is 13.1. The van der Waals surface area contributed by atoms with Crippen LogP contribution >= 0.6 is 0 Å². The summed E-state index contributed by atoms with van der Waals surface area (Å²) in [5, 5.41) is 0. The average molecular weight is 288 g/mol. The van der Waals surface area contributed by atoms with Crippen molar-refractivity contribution >= 4 is 17.5 Å². The molecule has 0 spiro atoms. The Hall–Kier alpha value is -1.27. The van der Waals surface area contributed by atoms with Crippen LogP contribution in [0.15, 0.2) is 0 Å². The zero-order valence-corrected chi connectivity index (χ0v) is 13.1. The summed E-state index contributed by atoms with van der Waals surface area (Å²) in [5.74, 6) is -0.800. The van der Waals surface area contributed by atoms with E-state index < -0.39 is 17.2 Å². The minimum absolute atomic E-state index is 0.0158. The van der Waals surface area contributed by atoms with Crippen LogP contribution in [-0.2, 0) is 28.6 Å². The summed E-state index contributed by atoms with van der Waals surface area (Å²) >= 11 is 0. The number of ketones is 2. The molecule has 0 N–H and O–H groups in total. The molecule has 0 saturated heterocycles. The van der Waals surface area contributed by atoms with Crippen molar-refractivity contribution in [3.63, 3.8) is 0 Å². The summed E-state index contributed by atoms with van der Waals surface area (Å²) in [6.45, 7) is 7.69. The van der Waals surface area contributed by atoms with E-state index in [0.29, 0.717) is 0 Å². The standard InChI is InChI=1S/C14H24O6/c1-10(15)13(2,3)19-9-20-14(4,5)11(16)7-8-12(17)18-6/h7-9H2,1-6H3. The highest BCUT2D eigenvalue weighted by atomic mass is 16.7. The molecule has 0 unspecified atom stereocenters. The van der Waals surface area contributed by atoms with Crippen LogP contribution in [-0.4, -0.2) is 42.6 Å².